The van der Waals surface area contributed by atoms with Gasteiger partial charge in [-0.1, -0.05) is 6.07 Å². The molecule has 0 saturated heterocycles. The molecule has 0 spiro atoms. The summed E-state index contributed by atoms with van der Waals surface area (Å²) in [7, 11) is 0. The van der Waals surface area contributed by atoms with Gasteiger partial charge in [-0.2, -0.15) is 0 Å². The molecule has 0 fully saturated rings. The van der Waals surface area contributed by atoms with Crippen molar-refractivity contribution in [2.75, 3.05) is 6.61 Å². The van der Waals surface area contributed by atoms with Crippen LogP contribution < -0.4 is 0 Å². The van der Waals surface area contributed by atoms with Crippen LogP contribution >= 0.6 is 0 Å². The zero-order valence-corrected chi connectivity index (χ0v) is 8.62. The number of carbonyl (C=O) groups is 1. The SMILES string of the molecule is CCOC(=O)CCc1ccc(C)cn1. The fourth-order valence-electron chi connectivity index (χ4n) is 1.11. The number of nitrogens with zero attached hydrogens (tertiary/aromatic N) is 1. The number of aryl methyl sites for hydroxylation is 2. The first kappa shape index (κ1) is 10.7. The molecule has 0 aliphatic heterocycles. The Labute approximate surface area is 84.1 Å². The van der Waals surface area contributed by atoms with Crippen LogP contribution in [0.15, 0.2) is 18.3 Å². The predicted molar refractivity (Wildman–Crippen MR) is 53.9 cm³/mol. The maximum Gasteiger partial charge on any atom is 0.306 e. The van der Waals surface area contributed by atoms with Crippen LogP contribution in [0.4, 0.5) is 0 Å². The predicted octanol–water partition coefficient (Wildman–Crippen LogP) is 1.89. The lowest BCUT2D eigenvalue weighted by atomic mass is 10.2. The largest absolute Gasteiger partial charge is 0.466 e. The van der Waals surface area contributed by atoms with Gasteiger partial charge in [0, 0.05) is 18.3 Å². The van der Waals surface area contributed by atoms with E-state index in [2.05, 4.69) is 4.98 Å². The molecular formula is C11H15NO2. The highest BCUT2D eigenvalue weighted by Gasteiger charge is 2.02. The smallest absolute Gasteiger partial charge is 0.306 e. The Morgan fingerprint density at radius 1 is 1.50 bits per heavy atom. The van der Waals surface area contributed by atoms with Crippen molar-refractivity contribution in [2.24, 2.45) is 0 Å². The van der Waals surface area contributed by atoms with Gasteiger partial charge in [-0.25, -0.2) is 0 Å². The molecule has 1 aromatic heterocycles. The lowest BCUT2D eigenvalue weighted by molar-refractivity contribution is -0.143. The van der Waals surface area contributed by atoms with Gasteiger partial charge in [0.05, 0.1) is 13.0 Å². The topological polar surface area (TPSA) is 39.2 Å². The summed E-state index contributed by atoms with van der Waals surface area (Å²) in [6, 6.07) is 3.93. The van der Waals surface area contributed by atoms with E-state index in [4.69, 9.17) is 4.74 Å². The molecule has 0 unspecified atom stereocenters. The minimum absolute atomic E-state index is 0.158. The summed E-state index contributed by atoms with van der Waals surface area (Å²) in [5.41, 5.74) is 2.06. The van der Waals surface area contributed by atoms with Crippen molar-refractivity contribution in [3.63, 3.8) is 0 Å². The molecule has 0 radical (unpaired) electrons. The van der Waals surface area contributed by atoms with Gasteiger partial charge in [0.2, 0.25) is 0 Å². The molecule has 0 aromatic carbocycles. The standard InChI is InChI=1S/C11H15NO2/c1-3-14-11(13)7-6-10-5-4-9(2)8-12-10/h4-5,8H,3,6-7H2,1-2H3. The van der Waals surface area contributed by atoms with Crippen LogP contribution in [-0.4, -0.2) is 17.6 Å². The summed E-state index contributed by atoms with van der Waals surface area (Å²) < 4.78 is 4.82. The maximum atomic E-state index is 11.0. The fourth-order valence-corrected chi connectivity index (χ4v) is 1.11. The summed E-state index contributed by atoms with van der Waals surface area (Å²) >= 11 is 0. The third kappa shape index (κ3) is 3.56. The first-order valence-corrected chi connectivity index (χ1v) is 4.79. The Morgan fingerprint density at radius 2 is 2.29 bits per heavy atom. The number of hydrogen-bond donors (Lipinski definition) is 0. The van der Waals surface area contributed by atoms with E-state index in [1.165, 1.54) is 0 Å². The van der Waals surface area contributed by atoms with Crippen molar-refractivity contribution in [2.45, 2.75) is 26.7 Å². The zero-order valence-electron chi connectivity index (χ0n) is 8.62. The quantitative estimate of drug-likeness (QED) is 0.685. The van der Waals surface area contributed by atoms with Gasteiger partial charge in [-0.05, 0) is 25.5 Å². The lowest BCUT2D eigenvalue weighted by Gasteiger charge is -2.01. The number of hydrogen-bond acceptors (Lipinski definition) is 3. The molecule has 3 heteroatoms. The number of ether oxygens (including phenoxy) is 1. The molecule has 0 amide bonds. The molecule has 0 N–H and O–H groups in total. The molecular weight excluding hydrogens is 178 g/mol. The van der Waals surface area contributed by atoms with Crippen LogP contribution in [0, 0.1) is 6.92 Å². The van der Waals surface area contributed by atoms with Crippen LogP contribution in [0.3, 0.4) is 0 Å². The van der Waals surface area contributed by atoms with E-state index >= 15 is 0 Å². The monoisotopic (exact) mass is 193 g/mol. The third-order valence-electron chi connectivity index (χ3n) is 1.86. The summed E-state index contributed by atoms with van der Waals surface area (Å²) in [5, 5.41) is 0. The van der Waals surface area contributed by atoms with E-state index in [0.717, 1.165) is 11.3 Å². The third-order valence-corrected chi connectivity index (χ3v) is 1.86. The van der Waals surface area contributed by atoms with E-state index in [-0.39, 0.29) is 5.97 Å². The molecule has 14 heavy (non-hydrogen) atoms. The minimum atomic E-state index is -0.158. The highest BCUT2D eigenvalue weighted by atomic mass is 16.5. The van der Waals surface area contributed by atoms with Gasteiger partial charge in [-0.15, -0.1) is 0 Å². The van der Waals surface area contributed by atoms with Crippen molar-refractivity contribution in [3.05, 3.63) is 29.6 Å². The van der Waals surface area contributed by atoms with Crippen LogP contribution in [0.25, 0.3) is 0 Å². The molecule has 0 saturated carbocycles. The summed E-state index contributed by atoms with van der Waals surface area (Å²) in [4.78, 5) is 15.2. The number of carbonyl (C=O) groups excluding carboxylic acids is 1. The second-order valence-corrected chi connectivity index (χ2v) is 3.13. The maximum absolute atomic E-state index is 11.0. The molecule has 1 rings (SSSR count). The summed E-state index contributed by atoms with van der Waals surface area (Å²) in [6.07, 6.45) is 2.86. The lowest BCUT2D eigenvalue weighted by Crippen LogP contribution is -2.05. The van der Waals surface area contributed by atoms with E-state index in [1.54, 1.807) is 6.20 Å². The molecule has 0 bridgehead atoms. The second kappa shape index (κ2) is 5.37. The molecule has 3 nitrogen and oxygen atoms in total. The van der Waals surface area contributed by atoms with Crippen molar-refractivity contribution >= 4 is 5.97 Å². The van der Waals surface area contributed by atoms with Crippen LogP contribution in [0.1, 0.15) is 24.6 Å². The van der Waals surface area contributed by atoms with Crippen molar-refractivity contribution < 1.29 is 9.53 Å². The second-order valence-electron chi connectivity index (χ2n) is 3.13. The highest BCUT2D eigenvalue weighted by Crippen LogP contribution is 2.02. The number of esters is 1. The van der Waals surface area contributed by atoms with Crippen LogP contribution in [0.2, 0.25) is 0 Å². The van der Waals surface area contributed by atoms with Crippen molar-refractivity contribution in [1.82, 2.24) is 4.98 Å². The van der Waals surface area contributed by atoms with Gasteiger partial charge >= 0.3 is 5.97 Å². The Kier molecular flexibility index (Phi) is 4.11. The summed E-state index contributed by atoms with van der Waals surface area (Å²) in [5.74, 6) is -0.158. The van der Waals surface area contributed by atoms with Gasteiger partial charge in [-0.3, -0.25) is 9.78 Å². The Morgan fingerprint density at radius 3 is 2.86 bits per heavy atom. The normalized spacial score (nSPS) is 9.86. The first-order valence-electron chi connectivity index (χ1n) is 4.79. The van der Waals surface area contributed by atoms with E-state index < -0.39 is 0 Å². The van der Waals surface area contributed by atoms with Gasteiger partial charge in [0.25, 0.3) is 0 Å². The molecule has 0 aliphatic rings. The molecule has 76 valence electrons. The minimum Gasteiger partial charge on any atom is -0.466 e. The Bertz CT molecular complexity index is 293. The van der Waals surface area contributed by atoms with Gasteiger partial charge < -0.3 is 4.74 Å². The van der Waals surface area contributed by atoms with E-state index in [9.17, 15) is 4.79 Å². The average Bonchev–Trinajstić information content (AvgIpc) is 2.17. The molecule has 0 atom stereocenters. The average molecular weight is 193 g/mol. The van der Waals surface area contributed by atoms with Crippen molar-refractivity contribution in [3.8, 4) is 0 Å². The van der Waals surface area contributed by atoms with Crippen LogP contribution in [-0.2, 0) is 16.0 Å². The molecule has 1 heterocycles. The van der Waals surface area contributed by atoms with Gasteiger partial charge in [0.15, 0.2) is 0 Å². The number of pyridine rings is 1. The van der Waals surface area contributed by atoms with Gasteiger partial charge in [0.1, 0.15) is 0 Å². The fraction of sp³-hybridized carbons (Fsp3) is 0.455. The first-order chi connectivity index (χ1) is 6.72. The molecule has 0 aliphatic carbocycles. The molecule has 1 aromatic rings. The number of rotatable bonds is 4. The van der Waals surface area contributed by atoms with Crippen molar-refractivity contribution in [1.29, 1.82) is 0 Å². The zero-order chi connectivity index (χ0) is 10.4. The van der Waals surface area contributed by atoms with E-state index in [0.29, 0.717) is 19.4 Å². The summed E-state index contributed by atoms with van der Waals surface area (Å²) in [6.45, 7) is 4.24. The van der Waals surface area contributed by atoms with Crippen LogP contribution in [0.5, 0.6) is 0 Å². The van der Waals surface area contributed by atoms with E-state index in [1.807, 2.05) is 26.0 Å². The Balaban J connectivity index is 2.38. The highest BCUT2D eigenvalue weighted by molar-refractivity contribution is 5.69. The Hall–Kier alpha value is -1.38. The number of aromatic nitrogens is 1.